The van der Waals surface area contributed by atoms with E-state index in [1.165, 1.54) is 19.3 Å². The summed E-state index contributed by atoms with van der Waals surface area (Å²) in [7, 11) is 0. The summed E-state index contributed by atoms with van der Waals surface area (Å²) in [5.41, 5.74) is -0.203. The first-order valence-electron chi connectivity index (χ1n) is 5.79. The summed E-state index contributed by atoms with van der Waals surface area (Å²) >= 11 is 9.52. The molecule has 1 saturated carbocycles. The summed E-state index contributed by atoms with van der Waals surface area (Å²) in [6.45, 7) is 2.61. The Morgan fingerprint density at radius 1 is 1.44 bits per heavy atom. The van der Waals surface area contributed by atoms with Gasteiger partial charge in [-0.05, 0) is 32.6 Å². The van der Waals surface area contributed by atoms with E-state index in [9.17, 15) is 0 Å². The van der Waals surface area contributed by atoms with Gasteiger partial charge in [0.25, 0.3) is 0 Å². The SMILES string of the molecule is CC#CC1CN(C(=S)S)C2(CCCCC2)O1. The molecule has 1 saturated heterocycles. The Hall–Kier alpha value is -0.240. The summed E-state index contributed by atoms with van der Waals surface area (Å²) in [6, 6.07) is 0. The highest BCUT2D eigenvalue weighted by atomic mass is 32.1. The van der Waals surface area contributed by atoms with Gasteiger partial charge in [-0.2, -0.15) is 0 Å². The predicted molar refractivity (Wildman–Crippen MR) is 72.4 cm³/mol. The highest BCUT2D eigenvalue weighted by Crippen LogP contribution is 2.40. The van der Waals surface area contributed by atoms with Crippen LogP contribution in [0.3, 0.4) is 0 Å². The molecule has 2 rings (SSSR count). The van der Waals surface area contributed by atoms with Gasteiger partial charge in [0, 0.05) is 0 Å². The molecule has 1 heterocycles. The molecule has 0 aromatic carbocycles. The third-order valence-electron chi connectivity index (χ3n) is 3.37. The number of nitrogens with zero attached hydrogens (tertiary/aromatic N) is 1. The molecule has 0 radical (unpaired) electrons. The van der Waals surface area contributed by atoms with Crippen molar-refractivity contribution in [2.75, 3.05) is 6.54 Å². The third-order valence-corrected chi connectivity index (χ3v) is 3.83. The van der Waals surface area contributed by atoms with Crippen LogP contribution < -0.4 is 0 Å². The minimum atomic E-state index is -0.203. The molecular formula is C12H17NOS2. The van der Waals surface area contributed by atoms with E-state index in [1.807, 2.05) is 6.92 Å². The zero-order valence-electron chi connectivity index (χ0n) is 9.53. The summed E-state index contributed by atoms with van der Waals surface area (Å²) < 4.78 is 6.76. The summed E-state index contributed by atoms with van der Waals surface area (Å²) in [6.07, 6.45) is 5.81. The molecule has 1 spiro atoms. The lowest BCUT2D eigenvalue weighted by atomic mass is 9.91. The highest BCUT2D eigenvalue weighted by molar-refractivity contribution is 8.10. The van der Waals surface area contributed by atoms with Crippen LogP contribution in [0.4, 0.5) is 0 Å². The van der Waals surface area contributed by atoms with Crippen molar-refractivity contribution >= 4 is 29.2 Å². The second-order valence-electron chi connectivity index (χ2n) is 4.40. The van der Waals surface area contributed by atoms with Crippen molar-refractivity contribution in [1.29, 1.82) is 0 Å². The van der Waals surface area contributed by atoms with Crippen molar-refractivity contribution in [3.63, 3.8) is 0 Å². The molecule has 1 aliphatic carbocycles. The number of thiocarbonyl (C=S) groups is 1. The molecule has 16 heavy (non-hydrogen) atoms. The molecule has 2 nitrogen and oxygen atoms in total. The third kappa shape index (κ3) is 2.22. The molecule has 4 heteroatoms. The summed E-state index contributed by atoms with van der Waals surface area (Å²) in [5, 5.41) is 0. The van der Waals surface area contributed by atoms with Gasteiger partial charge in [-0.25, -0.2) is 0 Å². The monoisotopic (exact) mass is 255 g/mol. The maximum atomic E-state index is 6.12. The van der Waals surface area contributed by atoms with Crippen LogP contribution in [0.2, 0.25) is 0 Å². The van der Waals surface area contributed by atoms with Crippen LogP contribution >= 0.6 is 24.8 Å². The number of rotatable bonds is 0. The van der Waals surface area contributed by atoms with Crippen LogP contribution in [-0.4, -0.2) is 27.6 Å². The van der Waals surface area contributed by atoms with Crippen molar-refractivity contribution in [3.8, 4) is 11.8 Å². The fraction of sp³-hybridized carbons (Fsp3) is 0.750. The quantitative estimate of drug-likeness (QED) is 0.406. The number of hydrogen-bond donors (Lipinski definition) is 1. The van der Waals surface area contributed by atoms with Crippen LogP contribution in [0, 0.1) is 11.8 Å². The molecule has 2 aliphatic rings. The van der Waals surface area contributed by atoms with E-state index < -0.39 is 0 Å². The maximum absolute atomic E-state index is 6.12. The first kappa shape index (κ1) is 12.2. The molecule has 1 aliphatic heterocycles. The molecule has 0 bridgehead atoms. The van der Waals surface area contributed by atoms with Gasteiger partial charge in [0.15, 0.2) is 0 Å². The Bertz CT molecular complexity index is 339. The number of ether oxygens (including phenoxy) is 1. The smallest absolute Gasteiger partial charge is 0.144 e. The van der Waals surface area contributed by atoms with E-state index >= 15 is 0 Å². The standard InChI is InChI=1S/C12H17NOS2/c1-2-6-10-9-13(11(15)16)12(14-10)7-4-3-5-8-12/h10H,3-5,7-9H2,1H3,(H,15,16). The molecule has 0 amide bonds. The molecule has 1 unspecified atom stereocenters. The van der Waals surface area contributed by atoms with E-state index in [1.54, 1.807) is 0 Å². The maximum Gasteiger partial charge on any atom is 0.144 e. The van der Waals surface area contributed by atoms with Crippen LogP contribution in [0.5, 0.6) is 0 Å². The Labute approximate surface area is 108 Å². The van der Waals surface area contributed by atoms with Crippen LogP contribution in [0.25, 0.3) is 0 Å². The fourth-order valence-corrected chi connectivity index (χ4v) is 3.18. The minimum Gasteiger partial charge on any atom is -0.338 e. The van der Waals surface area contributed by atoms with Gasteiger partial charge in [0.05, 0.1) is 6.54 Å². The van der Waals surface area contributed by atoms with Crippen LogP contribution in [0.1, 0.15) is 39.0 Å². The fourth-order valence-electron chi connectivity index (χ4n) is 2.68. The van der Waals surface area contributed by atoms with E-state index in [0.29, 0.717) is 4.32 Å². The van der Waals surface area contributed by atoms with Crippen molar-refractivity contribution < 1.29 is 4.74 Å². The van der Waals surface area contributed by atoms with Gasteiger partial charge in [0.2, 0.25) is 0 Å². The van der Waals surface area contributed by atoms with Crippen molar-refractivity contribution in [1.82, 2.24) is 4.90 Å². The van der Waals surface area contributed by atoms with Crippen LogP contribution in [0.15, 0.2) is 0 Å². The lowest BCUT2D eigenvalue weighted by Gasteiger charge is -2.40. The molecule has 2 fully saturated rings. The van der Waals surface area contributed by atoms with Gasteiger partial charge in [-0.3, -0.25) is 0 Å². The van der Waals surface area contributed by atoms with Crippen LogP contribution in [-0.2, 0) is 4.74 Å². The Balaban J connectivity index is 2.19. The molecule has 0 N–H and O–H groups in total. The Kier molecular flexibility index (Phi) is 3.78. The normalized spacial score (nSPS) is 27.6. The molecule has 88 valence electrons. The zero-order valence-corrected chi connectivity index (χ0v) is 11.2. The first-order valence-corrected chi connectivity index (χ1v) is 6.64. The largest absolute Gasteiger partial charge is 0.338 e. The summed E-state index contributed by atoms with van der Waals surface area (Å²) in [4.78, 5) is 2.12. The van der Waals surface area contributed by atoms with Crippen molar-refractivity contribution in [3.05, 3.63) is 0 Å². The molecule has 0 aromatic rings. The van der Waals surface area contributed by atoms with Gasteiger partial charge < -0.3 is 9.64 Å². The summed E-state index contributed by atoms with van der Waals surface area (Å²) in [5.74, 6) is 6.01. The van der Waals surface area contributed by atoms with Gasteiger partial charge in [-0.1, -0.05) is 24.6 Å². The Morgan fingerprint density at radius 3 is 2.69 bits per heavy atom. The van der Waals surface area contributed by atoms with E-state index in [2.05, 4.69) is 29.4 Å². The van der Waals surface area contributed by atoms with E-state index in [4.69, 9.17) is 17.0 Å². The second-order valence-corrected chi connectivity index (χ2v) is 5.51. The molecular weight excluding hydrogens is 238 g/mol. The van der Waals surface area contributed by atoms with Crippen molar-refractivity contribution in [2.45, 2.75) is 50.9 Å². The average molecular weight is 255 g/mol. The van der Waals surface area contributed by atoms with E-state index in [0.717, 1.165) is 19.4 Å². The van der Waals surface area contributed by atoms with Gasteiger partial charge in [0.1, 0.15) is 16.1 Å². The Morgan fingerprint density at radius 2 is 2.12 bits per heavy atom. The first-order chi connectivity index (χ1) is 7.68. The topological polar surface area (TPSA) is 12.5 Å². The van der Waals surface area contributed by atoms with Crippen molar-refractivity contribution in [2.24, 2.45) is 0 Å². The second kappa shape index (κ2) is 4.95. The lowest BCUT2D eigenvalue weighted by Crippen LogP contribution is -2.47. The lowest BCUT2D eigenvalue weighted by molar-refractivity contribution is -0.0927. The average Bonchev–Trinajstić information content (AvgIpc) is 2.59. The highest BCUT2D eigenvalue weighted by Gasteiger charge is 2.47. The minimum absolute atomic E-state index is 0.00630. The van der Waals surface area contributed by atoms with E-state index in [-0.39, 0.29) is 11.8 Å². The number of hydrogen-bond acceptors (Lipinski definition) is 2. The van der Waals surface area contributed by atoms with Gasteiger partial charge in [-0.15, -0.1) is 18.5 Å². The molecule has 1 atom stereocenters. The zero-order chi connectivity index (χ0) is 11.6. The van der Waals surface area contributed by atoms with Gasteiger partial charge >= 0.3 is 0 Å². The molecule has 0 aromatic heterocycles. The number of thiol groups is 1. The predicted octanol–water partition coefficient (Wildman–Crippen LogP) is 2.59.